The molecule has 1 aliphatic heterocycles. The van der Waals surface area contributed by atoms with E-state index in [4.69, 9.17) is 14.2 Å². The molecule has 0 aliphatic carbocycles. The van der Waals surface area contributed by atoms with Crippen molar-refractivity contribution < 1.29 is 28.9 Å². The molecule has 1 N–H and O–H groups in total. The van der Waals surface area contributed by atoms with Crippen LogP contribution in [0.2, 0.25) is 0 Å². The van der Waals surface area contributed by atoms with Crippen LogP contribution in [0, 0.1) is 5.92 Å². The average molecular weight is 420 g/mol. The van der Waals surface area contributed by atoms with E-state index in [1.807, 2.05) is 51.1 Å². The van der Waals surface area contributed by atoms with Crippen LogP contribution in [0.3, 0.4) is 0 Å². The van der Waals surface area contributed by atoms with Crippen LogP contribution in [0.1, 0.15) is 45.6 Å². The first-order chi connectivity index (χ1) is 14.3. The predicted octanol–water partition coefficient (Wildman–Crippen LogP) is 3.69. The lowest BCUT2D eigenvalue weighted by Gasteiger charge is -2.23. The van der Waals surface area contributed by atoms with Crippen LogP contribution >= 0.6 is 0 Å². The number of hydrogen-bond donors (Lipinski definition) is 1. The minimum absolute atomic E-state index is 0.0838. The summed E-state index contributed by atoms with van der Waals surface area (Å²) in [5, 5.41) is 10.2. The monoisotopic (exact) mass is 419 g/mol. The van der Waals surface area contributed by atoms with Crippen molar-refractivity contribution >= 4 is 12.0 Å². The highest BCUT2D eigenvalue weighted by Crippen LogP contribution is 2.21. The van der Waals surface area contributed by atoms with Crippen molar-refractivity contribution in [3.63, 3.8) is 0 Å². The van der Waals surface area contributed by atoms with Crippen LogP contribution in [0.25, 0.3) is 0 Å². The Labute approximate surface area is 178 Å². The zero-order chi connectivity index (χ0) is 22.1. The van der Waals surface area contributed by atoms with E-state index in [0.29, 0.717) is 26.1 Å². The van der Waals surface area contributed by atoms with Crippen LogP contribution in [-0.4, -0.2) is 54.5 Å². The Hall–Kier alpha value is -2.38. The van der Waals surface area contributed by atoms with E-state index >= 15 is 0 Å². The summed E-state index contributed by atoms with van der Waals surface area (Å²) in [6.45, 7) is 7.05. The Bertz CT molecular complexity index is 728. The quantitative estimate of drug-likeness (QED) is 0.435. The number of aliphatic hydroxyl groups is 1. The Morgan fingerprint density at radius 3 is 2.67 bits per heavy atom. The van der Waals surface area contributed by atoms with Crippen molar-refractivity contribution in [3.05, 3.63) is 41.5 Å². The van der Waals surface area contributed by atoms with Crippen LogP contribution in [0.15, 0.2) is 35.9 Å². The number of aliphatic hydroxyl groups excluding tert-OH is 1. The van der Waals surface area contributed by atoms with Gasteiger partial charge in [-0.05, 0) is 43.4 Å². The summed E-state index contributed by atoms with van der Waals surface area (Å²) in [5.74, 6) is 0.543. The Morgan fingerprint density at radius 2 is 2.03 bits per heavy atom. The van der Waals surface area contributed by atoms with Crippen LogP contribution in [-0.2, 0) is 20.9 Å². The summed E-state index contributed by atoms with van der Waals surface area (Å²) in [6, 6.07) is 7.45. The molecule has 166 valence electrons. The number of methoxy groups -OCH3 is 1. The van der Waals surface area contributed by atoms with Gasteiger partial charge in [0.15, 0.2) is 0 Å². The summed E-state index contributed by atoms with van der Waals surface area (Å²) in [4.78, 5) is 25.4. The number of hydrogen-bond acceptors (Lipinski definition) is 6. The fraction of sp³-hybridized carbons (Fsp3) is 0.565. The second kappa shape index (κ2) is 11.7. The number of carbonyl (C=O) groups excluding carboxylic acids is 2. The Balaban J connectivity index is 1.69. The Morgan fingerprint density at radius 1 is 1.33 bits per heavy atom. The topological polar surface area (TPSA) is 85.3 Å². The minimum Gasteiger partial charge on any atom is -0.497 e. The molecule has 1 heterocycles. The van der Waals surface area contributed by atoms with E-state index in [1.54, 1.807) is 7.11 Å². The molecule has 2 atom stereocenters. The molecule has 0 unspecified atom stereocenters. The van der Waals surface area contributed by atoms with Crippen molar-refractivity contribution in [1.82, 2.24) is 4.90 Å². The fourth-order valence-electron chi connectivity index (χ4n) is 3.21. The second-order valence-corrected chi connectivity index (χ2v) is 7.96. The molecule has 1 aromatic carbocycles. The zero-order valence-electron chi connectivity index (χ0n) is 18.3. The number of nitrogens with zero attached hydrogens (tertiary/aromatic N) is 1. The maximum Gasteiger partial charge on any atom is 0.416 e. The normalized spacial score (nSPS) is 17.9. The first kappa shape index (κ1) is 23.9. The van der Waals surface area contributed by atoms with Crippen LogP contribution < -0.4 is 4.74 Å². The van der Waals surface area contributed by atoms with Gasteiger partial charge < -0.3 is 19.3 Å². The third-order valence-corrected chi connectivity index (χ3v) is 5.20. The third-order valence-electron chi connectivity index (χ3n) is 5.20. The van der Waals surface area contributed by atoms with E-state index in [1.165, 1.54) is 0 Å². The van der Waals surface area contributed by atoms with Gasteiger partial charge in [0.2, 0.25) is 5.91 Å². The van der Waals surface area contributed by atoms with Gasteiger partial charge in [0.05, 0.1) is 38.9 Å². The van der Waals surface area contributed by atoms with Crippen molar-refractivity contribution in [2.45, 2.75) is 58.8 Å². The van der Waals surface area contributed by atoms with Gasteiger partial charge in [-0.3, -0.25) is 4.79 Å². The van der Waals surface area contributed by atoms with Crippen molar-refractivity contribution in [1.29, 1.82) is 0 Å². The molecule has 0 spiro atoms. The highest BCUT2D eigenvalue weighted by Gasteiger charge is 2.39. The van der Waals surface area contributed by atoms with Crippen LogP contribution in [0.5, 0.6) is 5.75 Å². The maximum atomic E-state index is 12.4. The molecule has 0 bridgehead atoms. The van der Waals surface area contributed by atoms with Gasteiger partial charge >= 0.3 is 6.09 Å². The lowest BCUT2D eigenvalue weighted by atomic mass is 10.0. The van der Waals surface area contributed by atoms with Gasteiger partial charge in [-0.15, -0.1) is 0 Å². The number of benzene rings is 1. The van der Waals surface area contributed by atoms with Gasteiger partial charge in [0.1, 0.15) is 12.4 Å². The number of amides is 2. The third kappa shape index (κ3) is 7.15. The predicted molar refractivity (Wildman–Crippen MR) is 113 cm³/mol. The molecule has 2 rings (SSSR count). The first-order valence-electron chi connectivity index (χ1n) is 10.3. The molecule has 1 aromatic rings. The molecule has 1 aliphatic rings. The number of ether oxygens (including phenoxy) is 3. The summed E-state index contributed by atoms with van der Waals surface area (Å²) < 4.78 is 15.8. The molecule has 1 saturated heterocycles. The van der Waals surface area contributed by atoms with E-state index in [0.717, 1.165) is 21.8 Å². The fourth-order valence-corrected chi connectivity index (χ4v) is 3.21. The average Bonchev–Trinajstić information content (AvgIpc) is 3.12. The molecule has 1 fully saturated rings. The minimum atomic E-state index is -0.803. The number of carbonyl (C=O) groups is 2. The van der Waals surface area contributed by atoms with Gasteiger partial charge in [0.25, 0.3) is 0 Å². The largest absolute Gasteiger partial charge is 0.497 e. The standard InChI is InChI=1S/C23H33NO6/c1-16(2)21-15-30-23(27)24(21)22(26)13-19(25)8-5-17(3)11-12-29-14-18-6-9-20(28-4)10-7-18/h6-7,9-11,16,19,21,25H,5,8,12-15H2,1-4H3/b17-11-/t19-,21+/m1/s1. The summed E-state index contributed by atoms with van der Waals surface area (Å²) in [7, 11) is 1.63. The highest BCUT2D eigenvalue weighted by atomic mass is 16.6. The molecule has 2 amide bonds. The number of cyclic esters (lactones) is 1. The van der Waals surface area contributed by atoms with Crippen molar-refractivity contribution in [2.75, 3.05) is 20.3 Å². The zero-order valence-corrected chi connectivity index (χ0v) is 18.3. The maximum absolute atomic E-state index is 12.4. The molecule has 7 heteroatoms. The highest BCUT2D eigenvalue weighted by molar-refractivity contribution is 5.93. The van der Waals surface area contributed by atoms with E-state index in [-0.39, 0.29) is 30.9 Å². The van der Waals surface area contributed by atoms with Gasteiger partial charge in [-0.25, -0.2) is 9.69 Å². The van der Waals surface area contributed by atoms with E-state index < -0.39 is 12.2 Å². The summed E-state index contributed by atoms with van der Waals surface area (Å²) >= 11 is 0. The van der Waals surface area contributed by atoms with Gasteiger partial charge in [-0.1, -0.05) is 37.6 Å². The molecular weight excluding hydrogens is 386 g/mol. The molecule has 7 nitrogen and oxygen atoms in total. The van der Waals surface area contributed by atoms with Gasteiger partial charge in [0, 0.05) is 0 Å². The number of allylic oxidation sites excluding steroid dienone is 1. The molecule has 0 aromatic heterocycles. The van der Waals surface area contributed by atoms with Crippen molar-refractivity contribution in [3.8, 4) is 5.75 Å². The Kier molecular flexibility index (Phi) is 9.33. The first-order valence-corrected chi connectivity index (χ1v) is 10.3. The number of rotatable bonds is 11. The van der Waals surface area contributed by atoms with Gasteiger partial charge in [-0.2, -0.15) is 0 Å². The summed E-state index contributed by atoms with van der Waals surface area (Å²) in [6.07, 6.45) is 1.57. The van der Waals surface area contributed by atoms with Crippen LogP contribution in [0.4, 0.5) is 4.79 Å². The van der Waals surface area contributed by atoms with Crippen molar-refractivity contribution in [2.24, 2.45) is 5.92 Å². The molecule has 0 saturated carbocycles. The molecule has 30 heavy (non-hydrogen) atoms. The molecule has 0 radical (unpaired) electrons. The number of imide groups is 1. The van der Waals surface area contributed by atoms with E-state index in [9.17, 15) is 14.7 Å². The van der Waals surface area contributed by atoms with E-state index in [2.05, 4.69) is 0 Å². The lowest BCUT2D eigenvalue weighted by molar-refractivity contribution is -0.131. The SMILES string of the molecule is COc1ccc(COC/C=C(/C)CC[C@@H](O)CC(=O)N2C(=O)OC[C@H]2C(C)C)cc1. The lowest BCUT2D eigenvalue weighted by Crippen LogP contribution is -2.42. The second-order valence-electron chi connectivity index (χ2n) is 7.96. The summed E-state index contributed by atoms with van der Waals surface area (Å²) in [5.41, 5.74) is 2.15. The molecular formula is C23H33NO6. The smallest absolute Gasteiger partial charge is 0.416 e.